The molecule has 4 nitrogen and oxygen atoms in total. The van der Waals surface area contributed by atoms with Crippen LogP contribution < -0.4 is 5.32 Å². The van der Waals surface area contributed by atoms with E-state index in [-0.39, 0.29) is 0 Å². The predicted octanol–water partition coefficient (Wildman–Crippen LogP) is 2.09. The Morgan fingerprint density at radius 3 is 2.94 bits per heavy atom. The molecule has 90 valence electrons. The minimum atomic E-state index is 0.655. The second-order valence-electron chi connectivity index (χ2n) is 4.72. The van der Waals surface area contributed by atoms with Gasteiger partial charge in [-0.1, -0.05) is 18.5 Å². The van der Waals surface area contributed by atoms with Crippen molar-refractivity contribution in [1.82, 2.24) is 15.5 Å². The maximum atomic E-state index is 4.93. The molecule has 1 aromatic rings. The van der Waals surface area contributed by atoms with Crippen molar-refractivity contribution in [2.75, 3.05) is 6.54 Å². The molecule has 0 aliphatic heterocycles. The Bertz CT molecular complexity index is 324. The molecule has 2 atom stereocenters. The van der Waals surface area contributed by atoms with E-state index in [0.717, 1.165) is 24.7 Å². The zero-order valence-corrected chi connectivity index (χ0v) is 10.2. The van der Waals surface area contributed by atoms with Gasteiger partial charge in [0.25, 0.3) is 0 Å². The molecular formula is C12H21N3O. The molecule has 2 unspecified atom stereocenters. The summed E-state index contributed by atoms with van der Waals surface area (Å²) in [5.41, 5.74) is 0. The number of rotatable bonds is 5. The van der Waals surface area contributed by atoms with Crippen LogP contribution in [-0.4, -0.2) is 22.7 Å². The van der Waals surface area contributed by atoms with Crippen molar-refractivity contribution in [3.05, 3.63) is 11.7 Å². The van der Waals surface area contributed by atoms with Crippen LogP contribution in [0.2, 0.25) is 0 Å². The molecule has 4 heteroatoms. The quantitative estimate of drug-likeness (QED) is 0.830. The Kier molecular flexibility index (Phi) is 3.93. The van der Waals surface area contributed by atoms with E-state index in [1.54, 1.807) is 0 Å². The Morgan fingerprint density at radius 2 is 2.31 bits per heavy atom. The highest BCUT2D eigenvalue weighted by Crippen LogP contribution is 2.27. The van der Waals surface area contributed by atoms with E-state index in [4.69, 9.17) is 4.52 Å². The molecule has 16 heavy (non-hydrogen) atoms. The number of hydrogen-bond donors (Lipinski definition) is 1. The molecule has 0 aromatic carbocycles. The molecular weight excluding hydrogens is 202 g/mol. The Labute approximate surface area is 96.8 Å². The minimum absolute atomic E-state index is 0.655. The molecule has 1 fully saturated rings. The standard InChI is InChI=1S/C12H21N3O/c1-3-10-4-5-11(8-10)13-7-6-12-14-9(2)16-15-12/h10-11,13H,3-8H2,1-2H3. The van der Waals surface area contributed by atoms with Gasteiger partial charge in [-0.3, -0.25) is 0 Å². The summed E-state index contributed by atoms with van der Waals surface area (Å²) in [6.45, 7) is 5.07. The van der Waals surface area contributed by atoms with Crippen molar-refractivity contribution in [3.63, 3.8) is 0 Å². The number of nitrogens with zero attached hydrogens (tertiary/aromatic N) is 2. The van der Waals surface area contributed by atoms with Crippen molar-refractivity contribution in [2.24, 2.45) is 5.92 Å². The summed E-state index contributed by atoms with van der Waals surface area (Å²) in [6, 6.07) is 0.706. The van der Waals surface area contributed by atoms with Gasteiger partial charge < -0.3 is 9.84 Å². The smallest absolute Gasteiger partial charge is 0.223 e. The first-order valence-electron chi connectivity index (χ1n) is 6.30. The third-order valence-corrected chi connectivity index (χ3v) is 3.47. The first kappa shape index (κ1) is 11.6. The number of aromatic nitrogens is 2. The molecule has 1 heterocycles. The fourth-order valence-electron chi connectivity index (χ4n) is 2.46. The van der Waals surface area contributed by atoms with Crippen LogP contribution in [0, 0.1) is 12.8 Å². The van der Waals surface area contributed by atoms with Gasteiger partial charge in [0.2, 0.25) is 5.89 Å². The average molecular weight is 223 g/mol. The second-order valence-corrected chi connectivity index (χ2v) is 4.72. The third kappa shape index (κ3) is 3.04. The van der Waals surface area contributed by atoms with E-state index in [1.807, 2.05) is 6.92 Å². The molecule has 1 N–H and O–H groups in total. The monoisotopic (exact) mass is 223 g/mol. The number of hydrogen-bond acceptors (Lipinski definition) is 4. The molecule has 0 spiro atoms. The average Bonchev–Trinajstić information content (AvgIpc) is 2.88. The van der Waals surface area contributed by atoms with Crippen LogP contribution >= 0.6 is 0 Å². The highest BCUT2D eigenvalue weighted by molar-refractivity contribution is 4.86. The Morgan fingerprint density at radius 1 is 1.44 bits per heavy atom. The first-order valence-corrected chi connectivity index (χ1v) is 6.30. The fourth-order valence-corrected chi connectivity index (χ4v) is 2.46. The summed E-state index contributed by atoms with van der Waals surface area (Å²) in [5.74, 6) is 2.40. The normalized spacial score (nSPS) is 25.1. The van der Waals surface area contributed by atoms with Crippen molar-refractivity contribution in [2.45, 2.75) is 52.0 Å². The molecule has 0 amide bonds. The number of nitrogens with one attached hydrogen (secondary N) is 1. The fraction of sp³-hybridized carbons (Fsp3) is 0.833. The summed E-state index contributed by atoms with van der Waals surface area (Å²) in [4.78, 5) is 4.19. The van der Waals surface area contributed by atoms with Crippen molar-refractivity contribution in [1.29, 1.82) is 0 Å². The van der Waals surface area contributed by atoms with Gasteiger partial charge in [0.15, 0.2) is 5.82 Å². The van der Waals surface area contributed by atoms with Crippen molar-refractivity contribution < 1.29 is 4.52 Å². The SMILES string of the molecule is CCC1CCC(NCCc2noc(C)n2)C1. The van der Waals surface area contributed by atoms with Gasteiger partial charge in [-0.05, 0) is 25.2 Å². The molecule has 1 aromatic heterocycles. The van der Waals surface area contributed by atoms with Gasteiger partial charge in [0.05, 0.1) is 0 Å². The van der Waals surface area contributed by atoms with Gasteiger partial charge >= 0.3 is 0 Å². The van der Waals surface area contributed by atoms with Crippen LogP contribution in [0.1, 0.15) is 44.3 Å². The highest BCUT2D eigenvalue weighted by atomic mass is 16.5. The largest absolute Gasteiger partial charge is 0.340 e. The van der Waals surface area contributed by atoms with Crippen molar-refractivity contribution >= 4 is 0 Å². The summed E-state index contributed by atoms with van der Waals surface area (Å²) >= 11 is 0. The van der Waals surface area contributed by atoms with Crippen molar-refractivity contribution in [3.8, 4) is 0 Å². The summed E-state index contributed by atoms with van der Waals surface area (Å²) in [7, 11) is 0. The van der Waals surface area contributed by atoms with Crippen LogP contribution in [0.25, 0.3) is 0 Å². The zero-order valence-electron chi connectivity index (χ0n) is 10.2. The van der Waals surface area contributed by atoms with E-state index in [1.165, 1.54) is 25.7 Å². The first-order chi connectivity index (χ1) is 7.78. The molecule has 1 saturated carbocycles. The second kappa shape index (κ2) is 5.43. The molecule has 0 bridgehead atoms. The van der Waals surface area contributed by atoms with E-state index >= 15 is 0 Å². The molecule has 0 radical (unpaired) electrons. The lowest BCUT2D eigenvalue weighted by molar-refractivity contribution is 0.386. The third-order valence-electron chi connectivity index (χ3n) is 3.47. The van der Waals surface area contributed by atoms with Crippen LogP contribution in [0.5, 0.6) is 0 Å². The Balaban J connectivity index is 1.65. The lowest BCUT2D eigenvalue weighted by Crippen LogP contribution is -2.28. The van der Waals surface area contributed by atoms with E-state index < -0.39 is 0 Å². The lowest BCUT2D eigenvalue weighted by Gasteiger charge is -2.11. The van der Waals surface area contributed by atoms with Crippen LogP contribution in [0.3, 0.4) is 0 Å². The van der Waals surface area contributed by atoms with Gasteiger partial charge in [0.1, 0.15) is 0 Å². The number of aryl methyl sites for hydroxylation is 1. The predicted molar refractivity (Wildman–Crippen MR) is 62.2 cm³/mol. The zero-order chi connectivity index (χ0) is 11.4. The van der Waals surface area contributed by atoms with Gasteiger partial charge in [-0.2, -0.15) is 4.98 Å². The van der Waals surface area contributed by atoms with E-state index in [9.17, 15) is 0 Å². The summed E-state index contributed by atoms with van der Waals surface area (Å²) in [5, 5.41) is 7.47. The van der Waals surface area contributed by atoms with Crippen LogP contribution in [0.15, 0.2) is 4.52 Å². The van der Waals surface area contributed by atoms with Crippen LogP contribution in [0.4, 0.5) is 0 Å². The highest BCUT2D eigenvalue weighted by Gasteiger charge is 2.22. The van der Waals surface area contributed by atoms with E-state index in [0.29, 0.717) is 11.9 Å². The molecule has 0 saturated heterocycles. The van der Waals surface area contributed by atoms with Gasteiger partial charge in [-0.15, -0.1) is 0 Å². The molecule has 2 rings (SSSR count). The maximum absolute atomic E-state index is 4.93. The van der Waals surface area contributed by atoms with E-state index in [2.05, 4.69) is 22.4 Å². The van der Waals surface area contributed by atoms with Crippen LogP contribution in [-0.2, 0) is 6.42 Å². The maximum Gasteiger partial charge on any atom is 0.223 e. The minimum Gasteiger partial charge on any atom is -0.340 e. The van der Waals surface area contributed by atoms with Gasteiger partial charge in [0, 0.05) is 25.9 Å². The Hall–Kier alpha value is -0.900. The van der Waals surface area contributed by atoms with Gasteiger partial charge in [-0.25, -0.2) is 0 Å². The molecule has 1 aliphatic carbocycles. The molecule has 1 aliphatic rings. The summed E-state index contributed by atoms with van der Waals surface area (Å²) in [6.07, 6.45) is 6.23. The topological polar surface area (TPSA) is 51.0 Å². The lowest BCUT2D eigenvalue weighted by atomic mass is 10.1. The summed E-state index contributed by atoms with van der Waals surface area (Å²) < 4.78 is 4.93.